The Morgan fingerprint density at radius 1 is 1.27 bits per heavy atom. The van der Waals surface area contributed by atoms with Crippen molar-refractivity contribution in [3.05, 3.63) is 16.8 Å². The molecule has 0 saturated carbocycles. The molecule has 3 heterocycles. The number of carbonyl (C=O) groups excluding carboxylic acids is 1. The van der Waals surface area contributed by atoms with Crippen molar-refractivity contribution in [2.45, 2.75) is 19.9 Å². The molecule has 0 radical (unpaired) electrons. The van der Waals surface area contributed by atoms with Crippen molar-refractivity contribution >= 4 is 33.8 Å². The minimum absolute atomic E-state index is 0.224. The lowest BCUT2D eigenvalue weighted by Crippen LogP contribution is -2.54. The average molecular weight is 395 g/mol. The fourth-order valence-corrected chi connectivity index (χ4v) is 4.51. The Bertz CT molecular complexity index is 694. The summed E-state index contributed by atoms with van der Waals surface area (Å²) in [7, 11) is 2.15. The first kappa shape index (κ1) is 19.2. The highest BCUT2D eigenvalue weighted by Crippen LogP contribution is 2.27. The number of piperazine rings is 1. The van der Waals surface area contributed by atoms with Crippen LogP contribution in [0.25, 0.3) is 10.6 Å². The second-order valence-electron chi connectivity index (χ2n) is 6.91. The van der Waals surface area contributed by atoms with E-state index in [-0.39, 0.29) is 6.03 Å². The molecule has 1 fully saturated rings. The number of likely N-dealkylation sites (N-methyl/N-ethyl adjacent to an activating group) is 1. The third-order valence-corrected chi connectivity index (χ3v) is 6.23. The largest absolute Gasteiger partial charge is 0.336 e. The number of hydrogen-bond donors (Lipinski definition) is 2. The highest BCUT2D eigenvalue weighted by Gasteiger charge is 2.25. The van der Waals surface area contributed by atoms with Gasteiger partial charge in [0.2, 0.25) is 5.13 Å². The highest BCUT2D eigenvalue weighted by molar-refractivity contribution is 7.19. The van der Waals surface area contributed by atoms with Gasteiger partial charge in [0.05, 0.1) is 0 Å². The van der Waals surface area contributed by atoms with Crippen molar-refractivity contribution in [1.82, 2.24) is 25.3 Å². The topological polar surface area (TPSA) is 73.4 Å². The molecule has 2 aromatic heterocycles. The molecule has 142 valence electrons. The van der Waals surface area contributed by atoms with Crippen molar-refractivity contribution in [3.63, 3.8) is 0 Å². The van der Waals surface area contributed by atoms with E-state index in [1.807, 2.05) is 16.8 Å². The Morgan fingerprint density at radius 3 is 2.69 bits per heavy atom. The van der Waals surface area contributed by atoms with Crippen LogP contribution in [0.3, 0.4) is 0 Å². The summed E-state index contributed by atoms with van der Waals surface area (Å²) in [5.41, 5.74) is 1.04. The molecule has 2 amide bonds. The molecule has 26 heavy (non-hydrogen) atoms. The molecule has 1 aliphatic heterocycles. The molecule has 9 heteroatoms. The van der Waals surface area contributed by atoms with Gasteiger partial charge in [0.25, 0.3) is 0 Å². The van der Waals surface area contributed by atoms with Crippen molar-refractivity contribution < 1.29 is 4.79 Å². The van der Waals surface area contributed by atoms with Crippen molar-refractivity contribution in [3.8, 4) is 10.6 Å². The number of thiophene rings is 1. The number of amides is 2. The highest BCUT2D eigenvalue weighted by atomic mass is 32.1. The predicted molar refractivity (Wildman–Crippen MR) is 108 cm³/mol. The summed E-state index contributed by atoms with van der Waals surface area (Å²) in [6.45, 7) is 9.29. The summed E-state index contributed by atoms with van der Waals surface area (Å²) in [5, 5.41) is 19.4. The van der Waals surface area contributed by atoms with Crippen LogP contribution in [-0.2, 0) is 0 Å². The summed E-state index contributed by atoms with van der Waals surface area (Å²) < 4.78 is 0. The standard InChI is InChI=1S/C17H26N6OS2/c1-12(2)14(23-7-5-22(3)6-8-23)10-18-16(24)19-17-21-20-15(26-17)13-4-9-25-11-13/h4,9,11-12,14H,5-8,10H2,1-3H3,(H2,18,19,21,24). The van der Waals surface area contributed by atoms with Crippen LogP contribution < -0.4 is 10.6 Å². The van der Waals surface area contributed by atoms with Crippen LogP contribution in [0, 0.1) is 5.92 Å². The Hall–Kier alpha value is -1.55. The van der Waals surface area contributed by atoms with E-state index in [9.17, 15) is 4.79 Å². The zero-order valence-corrected chi connectivity index (χ0v) is 17.1. The molecule has 1 aliphatic rings. The molecule has 3 rings (SSSR count). The molecule has 1 unspecified atom stereocenters. The lowest BCUT2D eigenvalue weighted by atomic mass is 10.0. The number of aromatic nitrogens is 2. The van der Waals surface area contributed by atoms with Crippen LogP contribution in [0.15, 0.2) is 16.8 Å². The van der Waals surface area contributed by atoms with Gasteiger partial charge in [0, 0.05) is 49.7 Å². The number of anilines is 1. The van der Waals surface area contributed by atoms with Gasteiger partial charge in [0.1, 0.15) is 5.01 Å². The SMILES string of the molecule is CC(C)C(CNC(=O)Nc1nnc(-c2ccsc2)s1)N1CCN(C)CC1. The minimum atomic E-state index is -0.224. The first-order valence-electron chi connectivity index (χ1n) is 8.86. The predicted octanol–water partition coefficient (Wildman–Crippen LogP) is 2.66. The van der Waals surface area contributed by atoms with Gasteiger partial charge in [-0.15, -0.1) is 10.2 Å². The quantitative estimate of drug-likeness (QED) is 0.788. The van der Waals surface area contributed by atoms with Gasteiger partial charge in [-0.25, -0.2) is 4.79 Å². The minimum Gasteiger partial charge on any atom is -0.336 e. The molecule has 1 atom stereocenters. The summed E-state index contributed by atoms with van der Waals surface area (Å²) in [6, 6.07) is 2.11. The maximum atomic E-state index is 12.3. The van der Waals surface area contributed by atoms with Gasteiger partial charge < -0.3 is 10.2 Å². The van der Waals surface area contributed by atoms with E-state index in [1.54, 1.807) is 11.3 Å². The van der Waals surface area contributed by atoms with E-state index in [1.165, 1.54) is 11.3 Å². The normalized spacial score (nSPS) is 17.4. The van der Waals surface area contributed by atoms with Crippen LogP contribution in [0.4, 0.5) is 9.93 Å². The number of rotatable bonds is 6. The van der Waals surface area contributed by atoms with Gasteiger partial charge >= 0.3 is 6.03 Å². The Morgan fingerprint density at radius 2 is 2.04 bits per heavy atom. The second kappa shape index (κ2) is 8.90. The molecule has 0 aromatic carbocycles. The van der Waals surface area contributed by atoms with E-state index in [0.717, 1.165) is 36.8 Å². The van der Waals surface area contributed by atoms with Gasteiger partial charge in [-0.1, -0.05) is 25.2 Å². The first-order chi connectivity index (χ1) is 12.5. The molecule has 0 bridgehead atoms. The number of carbonyl (C=O) groups is 1. The van der Waals surface area contributed by atoms with Crippen LogP contribution in [0.1, 0.15) is 13.8 Å². The van der Waals surface area contributed by atoms with Crippen LogP contribution in [0.2, 0.25) is 0 Å². The van der Waals surface area contributed by atoms with Crippen molar-refractivity contribution in [2.24, 2.45) is 5.92 Å². The van der Waals surface area contributed by atoms with Crippen LogP contribution >= 0.6 is 22.7 Å². The Labute approximate surface area is 162 Å². The number of urea groups is 1. The molecular formula is C17H26N6OS2. The number of nitrogens with zero attached hydrogens (tertiary/aromatic N) is 4. The zero-order valence-electron chi connectivity index (χ0n) is 15.4. The van der Waals surface area contributed by atoms with Crippen LogP contribution in [-0.4, -0.2) is 71.8 Å². The van der Waals surface area contributed by atoms with E-state index in [4.69, 9.17) is 0 Å². The lowest BCUT2D eigenvalue weighted by molar-refractivity contribution is 0.0890. The van der Waals surface area contributed by atoms with Crippen molar-refractivity contribution in [2.75, 3.05) is 45.1 Å². The number of hydrogen-bond acceptors (Lipinski definition) is 7. The molecule has 1 saturated heterocycles. The molecule has 7 nitrogen and oxygen atoms in total. The molecule has 0 spiro atoms. The maximum Gasteiger partial charge on any atom is 0.321 e. The first-order valence-corrected chi connectivity index (χ1v) is 10.6. The van der Waals surface area contributed by atoms with Crippen LogP contribution in [0.5, 0.6) is 0 Å². The van der Waals surface area contributed by atoms with E-state index in [2.05, 4.69) is 51.5 Å². The Balaban J connectivity index is 1.50. The Kier molecular flexibility index (Phi) is 6.58. The molecule has 0 aliphatic carbocycles. The van der Waals surface area contributed by atoms with E-state index < -0.39 is 0 Å². The zero-order chi connectivity index (χ0) is 18.5. The maximum absolute atomic E-state index is 12.3. The third-order valence-electron chi connectivity index (χ3n) is 4.66. The molecule has 2 aromatic rings. The monoisotopic (exact) mass is 394 g/mol. The fourth-order valence-electron chi connectivity index (χ4n) is 3.06. The van der Waals surface area contributed by atoms with Gasteiger partial charge in [-0.2, -0.15) is 11.3 Å². The second-order valence-corrected chi connectivity index (χ2v) is 8.67. The summed E-state index contributed by atoms with van der Waals surface area (Å²) >= 11 is 3.00. The van der Waals surface area contributed by atoms with Gasteiger partial charge in [-0.3, -0.25) is 10.2 Å². The number of nitrogens with one attached hydrogen (secondary N) is 2. The smallest absolute Gasteiger partial charge is 0.321 e. The van der Waals surface area contributed by atoms with E-state index in [0.29, 0.717) is 23.6 Å². The molecule has 2 N–H and O–H groups in total. The summed E-state index contributed by atoms with van der Waals surface area (Å²) in [6.07, 6.45) is 0. The third kappa shape index (κ3) is 5.00. The van der Waals surface area contributed by atoms with E-state index >= 15 is 0 Å². The fraction of sp³-hybridized carbons (Fsp3) is 0.588. The average Bonchev–Trinajstić information content (AvgIpc) is 3.27. The summed E-state index contributed by atoms with van der Waals surface area (Å²) in [4.78, 5) is 17.1. The summed E-state index contributed by atoms with van der Waals surface area (Å²) in [5.74, 6) is 0.477. The lowest BCUT2D eigenvalue weighted by Gasteiger charge is -2.39. The van der Waals surface area contributed by atoms with Gasteiger partial charge in [0.15, 0.2) is 0 Å². The van der Waals surface area contributed by atoms with Gasteiger partial charge in [-0.05, 0) is 24.4 Å². The molecular weight excluding hydrogens is 368 g/mol. The van der Waals surface area contributed by atoms with Crippen molar-refractivity contribution in [1.29, 1.82) is 0 Å².